The normalized spacial score (nSPS) is 10.7. The Morgan fingerprint density at radius 3 is 2.63 bits per heavy atom. The second-order valence-electron chi connectivity index (χ2n) is 6.01. The highest BCUT2D eigenvalue weighted by Crippen LogP contribution is 2.18. The van der Waals surface area contributed by atoms with Gasteiger partial charge in [0.1, 0.15) is 5.76 Å². The van der Waals surface area contributed by atoms with Crippen molar-refractivity contribution in [3.05, 3.63) is 71.4 Å². The van der Waals surface area contributed by atoms with Gasteiger partial charge in [0.15, 0.2) is 0 Å². The van der Waals surface area contributed by atoms with E-state index in [9.17, 15) is 9.59 Å². The number of rotatable bonds is 8. The monoisotopic (exact) mass is 383 g/mol. The maximum atomic E-state index is 12.6. The Balaban J connectivity index is 1.58. The van der Waals surface area contributed by atoms with E-state index in [-0.39, 0.29) is 0 Å². The number of thioether (sulfide) groups is 1. The maximum Gasteiger partial charge on any atom is 0.292 e. The smallest absolute Gasteiger partial charge is 0.292 e. The maximum absolute atomic E-state index is 12.6. The molecule has 0 bridgehead atoms. The highest BCUT2D eigenvalue weighted by molar-refractivity contribution is 7.98. The molecule has 1 aromatic carbocycles. The van der Waals surface area contributed by atoms with Gasteiger partial charge in [-0.1, -0.05) is 18.2 Å². The molecule has 0 unspecified atom stereocenters. The molecule has 0 saturated carbocycles. The summed E-state index contributed by atoms with van der Waals surface area (Å²) < 4.78 is 6.94. The van der Waals surface area contributed by atoms with Crippen molar-refractivity contribution in [2.75, 3.05) is 12.3 Å². The molecule has 0 radical (unpaired) electrons. The highest BCUT2D eigenvalue weighted by atomic mass is 32.2. The molecular formula is C20H21N3O3S. The highest BCUT2D eigenvalue weighted by Gasteiger charge is 2.24. The van der Waals surface area contributed by atoms with Crippen molar-refractivity contribution in [3.63, 3.8) is 0 Å². The molecule has 140 valence electrons. The lowest BCUT2D eigenvalue weighted by molar-refractivity contribution is -0.116. The molecule has 1 N–H and O–H groups in total. The zero-order valence-electron chi connectivity index (χ0n) is 15.3. The van der Waals surface area contributed by atoms with Gasteiger partial charge in [-0.05, 0) is 38.1 Å². The van der Waals surface area contributed by atoms with Crippen LogP contribution in [-0.4, -0.2) is 33.8 Å². The van der Waals surface area contributed by atoms with Crippen LogP contribution in [0.2, 0.25) is 0 Å². The third kappa shape index (κ3) is 4.49. The van der Waals surface area contributed by atoms with Gasteiger partial charge in [-0.25, -0.2) is 4.68 Å². The topological polar surface area (TPSA) is 77.1 Å². The van der Waals surface area contributed by atoms with Gasteiger partial charge in [0.05, 0.1) is 34.7 Å². The minimum Gasteiger partial charge on any atom is -0.468 e. The van der Waals surface area contributed by atoms with Crippen LogP contribution in [0, 0.1) is 13.8 Å². The van der Waals surface area contributed by atoms with Crippen LogP contribution in [0.1, 0.15) is 27.5 Å². The first-order chi connectivity index (χ1) is 13.1. The summed E-state index contributed by atoms with van der Waals surface area (Å²) in [6.45, 7) is 3.96. The van der Waals surface area contributed by atoms with Gasteiger partial charge < -0.3 is 9.73 Å². The first-order valence-electron chi connectivity index (χ1n) is 8.62. The molecule has 7 heteroatoms. The molecule has 2 heterocycles. The van der Waals surface area contributed by atoms with Crippen LogP contribution in [-0.2, 0) is 10.5 Å². The Hall–Kier alpha value is -2.80. The Labute approximate surface area is 161 Å². The molecule has 0 saturated heterocycles. The van der Waals surface area contributed by atoms with Gasteiger partial charge in [-0.2, -0.15) is 16.9 Å². The number of amides is 1. The first kappa shape index (κ1) is 19.0. The van der Waals surface area contributed by atoms with E-state index >= 15 is 0 Å². The predicted molar refractivity (Wildman–Crippen MR) is 105 cm³/mol. The van der Waals surface area contributed by atoms with Crippen LogP contribution in [0.15, 0.2) is 53.1 Å². The van der Waals surface area contributed by atoms with Gasteiger partial charge in [0.2, 0.25) is 0 Å². The van der Waals surface area contributed by atoms with Crippen molar-refractivity contribution in [3.8, 4) is 5.69 Å². The minimum absolute atomic E-state index is 0.361. The van der Waals surface area contributed by atoms with E-state index in [0.29, 0.717) is 29.2 Å². The Bertz CT molecular complexity index is 918. The van der Waals surface area contributed by atoms with E-state index in [1.807, 2.05) is 42.5 Å². The average molecular weight is 383 g/mol. The van der Waals surface area contributed by atoms with E-state index < -0.39 is 11.7 Å². The summed E-state index contributed by atoms with van der Waals surface area (Å²) in [6.07, 6.45) is 1.64. The van der Waals surface area contributed by atoms with Crippen molar-refractivity contribution in [1.82, 2.24) is 15.1 Å². The molecule has 0 aliphatic rings. The van der Waals surface area contributed by atoms with Crippen molar-refractivity contribution < 1.29 is 14.0 Å². The lowest BCUT2D eigenvalue weighted by Gasteiger charge is -2.06. The van der Waals surface area contributed by atoms with Crippen molar-refractivity contribution in [2.45, 2.75) is 19.6 Å². The number of Topliss-reactive ketones (excluding diaryl/α,β-unsaturated/α-hetero) is 1. The number of ketones is 1. The van der Waals surface area contributed by atoms with E-state index in [1.54, 1.807) is 36.6 Å². The predicted octanol–water partition coefficient (Wildman–Crippen LogP) is 3.31. The number of carbonyl (C=O) groups is 2. The van der Waals surface area contributed by atoms with E-state index in [1.165, 1.54) is 0 Å². The molecule has 3 rings (SSSR count). The van der Waals surface area contributed by atoms with Crippen LogP contribution < -0.4 is 5.32 Å². The zero-order chi connectivity index (χ0) is 19.2. The first-order valence-corrected chi connectivity index (χ1v) is 9.77. The van der Waals surface area contributed by atoms with Gasteiger partial charge in [-0.3, -0.25) is 9.59 Å². The average Bonchev–Trinajstić information content (AvgIpc) is 3.29. The number of aryl methyl sites for hydroxylation is 1. The minimum atomic E-state index is -0.604. The van der Waals surface area contributed by atoms with Crippen molar-refractivity contribution in [1.29, 1.82) is 0 Å². The Morgan fingerprint density at radius 2 is 1.93 bits per heavy atom. The van der Waals surface area contributed by atoms with Gasteiger partial charge in [-0.15, -0.1) is 0 Å². The summed E-state index contributed by atoms with van der Waals surface area (Å²) in [5.41, 5.74) is 2.42. The van der Waals surface area contributed by atoms with Crippen LogP contribution in [0.3, 0.4) is 0 Å². The molecule has 0 spiro atoms. The molecule has 0 aliphatic carbocycles. The molecule has 0 aliphatic heterocycles. The van der Waals surface area contributed by atoms with E-state index in [2.05, 4.69) is 10.4 Å². The van der Waals surface area contributed by atoms with Gasteiger partial charge in [0, 0.05) is 12.3 Å². The van der Waals surface area contributed by atoms with Crippen LogP contribution in [0.25, 0.3) is 5.69 Å². The number of nitrogens with zero attached hydrogens (tertiary/aromatic N) is 2. The fraction of sp³-hybridized carbons (Fsp3) is 0.250. The lowest BCUT2D eigenvalue weighted by atomic mass is 10.1. The number of nitrogens with one attached hydrogen (secondary N) is 1. The van der Waals surface area contributed by atoms with Crippen LogP contribution in [0.4, 0.5) is 0 Å². The molecule has 3 aromatic rings. The van der Waals surface area contributed by atoms with Gasteiger partial charge >= 0.3 is 0 Å². The fourth-order valence-corrected chi connectivity index (χ4v) is 3.55. The number of hydrogen-bond acceptors (Lipinski definition) is 5. The number of carbonyl (C=O) groups excluding carboxylic acids is 2. The molecular weight excluding hydrogens is 362 g/mol. The quantitative estimate of drug-likeness (QED) is 0.367. The molecule has 2 aromatic heterocycles. The number of benzene rings is 1. The number of hydrogen-bond donors (Lipinski definition) is 1. The summed E-state index contributed by atoms with van der Waals surface area (Å²) in [6, 6.07) is 13.3. The number of aromatic nitrogens is 2. The number of para-hydroxylation sites is 1. The molecule has 6 nitrogen and oxygen atoms in total. The molecule has 0 atom stereocenters. The third-order valence-corrected chi connectivity index (χ3v) is 5.06. The number of furan rings is 1. The third-order valence-electron chi connectivity index (χ3n) is 4.08. The SMILES string of the molecule is Cc1nn(-c2ccccc2)c(C)c1C(=O)C(=O)NCCSCc1ccco1. The van der Waals surface area contributed by atoms with Crippen molar-refractivity contribution >= 4 is 23.5 Å². The molecule has 27 heavy (non-hydrogen) atoms. The van der Waals surface area contributed by atoms with Crippen LogP contribution in [0.5, 0.6) is 0 Å². The zero-order valence-corrected chi connectivity index (χ0v) is 16.1. The second kappa shape index (κ2) is 8.73. The molecule has 1 amide bonds. The largest absolute Gasteiger partial charge is 0.468 e. The summed E-state index contributed by atoms with van der Waals surface area (Å²) in [4.78, 5) is 24.9. The summed E-state index contributed by atoms with van der Waals surface area (Å²) in [7, 11) is 0. The van der Waals surface area contributed by atoms with E-state index in [4.69, 9.17) is 4.42 Å². The Morgan fingerprint density at radius 1 is 1.15 bits per heavy atom. The second-order valence-corrected chi connectivity index (χ2v) is 7.12. The standard InChI is InChI=1S/C20H21N3O3S/c1-14-18(15(2)23(22-14)16-7-4-3-5-8-16)19(24)20(25)21-10-12-27-13-17-9-6-11-26-17/h3-9,11H,10,12-13H2,1-2H3,(H,21,25). The fourth-order valence-electron chi connectivity index (χ4n) is 2.79. The molecule has 0 fully saturated rings. The van der Waals surface area contributed by atoms with Crippen LogP contribution >= 0.6 is 11.8 Å². The summed E-state index contributed by atoms with van der Waals surface area (Å²) in [5, 5.41) is 7.11. The summed E-state index contributed by atoms with van der Waals surface area (Å²) >= 11 is 1.63. The van der Waals surface area contributed by atoms with Gasteiger partial charge in [0.25, 0.3) is 11.7 Å². The Kier molecular flexibility index (Phi) is 6.13. The lowest BCUT2D eigenvalue weighted by Crippen LogP contribution is -2.33. The van der Waals surface area contributed by atoms with Crippen molar-refractivity contribution in [2.24, 2.45) is 0 Å². The summed E-state index contributed by atoms with van der Waals surface area (Å²) in [5.74, 6) is 1.16. The van der Waals surface area contributed by atoms with E-state index in [0.717, 1.165) is 17.2 Å².